The molecular weight excluding hydrogens is 306 g/mol. The Balaban J connectivity index is 5.23. The molecule has 0 bridgehead atoms. The van der Waals surface area contributed by atoms with Crippen LogP contribution in [0.2, 0.25) is 0 Å². The quantitative estimate of drug-likeness (QED) is 0.272. The molecule has 0 fully saturated rings. The normalized spacial score (nSPS) is 14.5. The van der Waals surface area contributed by atoms with Crippen LogP contribution in [-0.2, 0) is 9.53 Å². The monoisotopic (exact) mass is 337 g/mol. The average Bonchev–Trinajstić information content (AvgIpc) is 2.53. The molecule has 7 heteroatoms. The molecule has 0 saturated carbocycles. The van der Waals surface area contributed by atoms with Gasteiger partial charge in [-0.1, -0.05) is 12.7 Å². The fourth-order valence-corrected chi connectivity index (χ4v) is 1.94. The molecule has 0 heterocycles. The van der Waals surface area contributed by atoms with Crippen LogP contribution < -0.4 is 11.1 Å². The molecule has 0 unspecified atom stereocenters. The molecular formula is C17H31N5O2. The third-order valence-corrected chi connectivity index (χ3v) is 3.31. The van der Waals surface area contributed by atoms with Crippen LogP contribution in [0.3, 0.4) is 0 Å². The van der Waals surface area contributed by atoms with Crippen molar-refractivity contribution in [2.75, 3.05) is 33.4 Å². The third kappa shape index (κ3) is 8.59. The van der Waals surface area contributed by atoms with Gasteiger partial charge in [0.15, 0.2) is 0 Å². The SMILES string of the molecule is C=C/C=C(C)\N=C(/C)N(CCOCC)/C(CN[C@@H](C)C(N)=O)=N\C. The van der Waals surface area contributed by atoms with Crippen molar-refractivity contribution >= 4 is 17.6 Å². The van der Waals surface area contributed by atoms with Crippen LogP contribution in [0.25, 0.3) is 0 Å². The van der Waals surface area contributed by atoms with E-state index in [1.807, 2.05) is 31.7 Å². The van der Waals surface area contributed by atoms with Gasteiger partial charge < -0.3 is 15.4 Å². The highest BCUT2D eigenvalue weighted by Gasteiger charge is 2.16. The van der Waals surface area contributed by atoms with E-state index in [9.17, 15) is 4.79 Å². The summed E-state index contributed by atoms with van der Waals surface area (Å²) in [4.78, 5) is 22.0. The number of carbonyl (C=O) groups excluding carboxylic acids is 1. The Morgan fingerprint density at radius 3 is 2.62 bits per heavy atom. The number of primary amides is 1. The average molecular weight is 337 g/mol. The number of nitrogens with two attached hydrogens (primary N) is 1. The Morgan fingerprint density at radius 2 is 2.12 bits per heavy atom. The number of amidine groups is 2. The summed E-state index contributed by atoms with van der Waals surface area (Å²) in [6.07, 6.45) is 3.53. The van der Waals surface area contributed by atoms with Gasteiger partial charge in [0.05, 0.1) is 19.2 Å². The molecule has 0 aliphatic rings. The third-order valence-electron chi connectivity index (χ3n) is 3.31. The Kier molecular flexibility index (Phi) is 11.4. The largest absolute Gasteiger partial charge is 0.380 e. The van der Waals surface area contributed by atoms with E-state index in [0.29, 0.717) is 26.3 Å². The zero-order chi connectivity index (χ0) is 18.5. The standard InChI is InChI=1S/C17H31N5O2/c1-7-9-13(3)21-15(5)22(10-11-24-8-2)16(19-6)12-20-14(4)17(18)23/h7,9,14,20H,1,8,10-12H2,2-6H3,(H2,18,23)/b13-9-,19-16-,21-15+/t14-/m0/s1. The molecule has 0 aliphatic carbocycles. The van der Waals surface area contributed by atoms with E-state index in [1.165, 1.54) is 0 Å². The molecule has 136 valence electrons. The van der Waals surface area contributed by atoms with Gasteiger partial charge in [0.25, 0.3) is 0 Å². The molecule has 0 rings (SSSR count). The molecule has 0 aliphatic heterocycles. The minimum atomic E-state index is -0.435. The van der Waals surface area contributed by atoms with E-state index in [1.54, 1.807) is 20.0 Å². The highest BCUT2D eigenvalue weighted by atomic mass is 16.5. The van der Waals surface area contributed by atoms with Crippen molar-refractivity contribution in [2.45, 2.75) is 33.7 Å². The van der Waals surface area contributed by atoms with Crippen molar-refractivity contribution in [3.63, 3.8) is 0 Å². The summed E-state index contributed by atoms with van der Waals surface area (Å²) < 4.78 is 5.45. The van der Waals surface area contributed by atoms with Gasteiger partial charge in [0.1, 0.15) is 11.7 Å². The fourth-order valence-electron chi connectivity index (χ4n) is 1.94. The molecule has 0 aromatic rings. The number of hydrogen-bond acceptors (Lipinski definition) is 5. The maximum absolute atomic E-state index is 11.2. The van der Waals surface area contributed by atoms with Gasteiger partial charge in [-0.25, -0.2) is 4.99 Å². The minimum absolute atomic E-state index is 0.401. The predicted octanol–water partition coefficient (Wildman–Crippen LogP) is 1.32. The first-order valence-electron chi connectivity index (χ1n) is 8.05. The summed E-state index contributed by atoms with van der Waals surface area (Å²) in [6, 6.07) is -0.435. The lowest BCUT2D eigenvalue weighted by atomic mass is 10.3. The summed E-state index contributed by atoms with van der Waals surface area (Å²) in [5, 5.41) is 3.06. The van der Waals surface area contributed by atoms with Crippen molar-refractivity contribution in [1.82, 2.24) is 10.2 Å². The molecule has 3 N–H and O–H groups in total. The lowest BCUT2D eigenvalue weighted by molar-refractivity contribution is -0.119. The van der Waals surface area contributed by atoms with Gasteiger partial charge in [0.2, 0.25) is 5.91 Å². The summed E-state index contributed by atoms with van der Waals surface area (Å²) in [5.74, 6) is 1.15. The second-order valence-electron chi connectivity index (χ2n) is 5.20. The maximum Gasteiger partial charge on any atom is 0.234 e. The summed E-state index contributed by atoms with van der Waals surface area (Å²) in [6.45, 7) is 13.4. The number of carbonyl (C=O) groups is 1. The molecule has 7 nitrogen and oxygen atoms in total. The first-order chi connectivity index (χ1) is 11.4. The molecule has 0 saturated heterocycles. The second-order valence-corrected chi connectivity index (χ2v) is 5.20. The highest BCUT2D eigenvalue weighted by Crippen LogP contribution is 2.02. The topological polar surface area (TPSA) is 92.3 Å². The molecule has 1 atom stereocenters. The number of ether oxygens (including phenoxy) is 1. The second kappa shape index (κ2) is 12.4. The molecule has 1 amide bonds. The van der Waals surface area contributed by atoms with Crippen LogP contribution in [0.5, 0.6) is 0 Å². The van der Waals surface area contributed by atoms with E-state index >= 15 is 0 Å². The molecule has 0 spiro atoms. The lowest BCUT2D eigenvalue weighted by Gasteiger charge is -2.26. The summed E-state index contributed by atoms with van der Waals surface area (Å²) >= 11 is 0. The van der Waals surface area contributed by atoms with Gasteiger partial charge in [-0.2, -0.15) is 0 Å². The first kappa shape index (κ1) is 22.0. The molecule has 0 aromatic heterocycles. The molecule has 24 heavy (non-hydrogen) atoms. The minimum Gasteiger partial charge on any atom is -0.380 e. The zero-order valence-corrected chi connectivity index (χ0v) is 15.5. The fraction of sp³-hybridized carbons (Fsp3) is 0.588. The predicted molar refractivity (Wildman–Crippen MR) is 100 cm³/mol. The maximum atomic E-state index is 11.2. The van der Waals surface area contributed by atoms with Crippen LogP contribution in [0, 0.1) is 0 Å². The number of allylic oxidation sites excluding steroid dienone is 3. The summed E-state index contributed by atoms with van der Waals surface area (Å²) in [7, 11) is 1.71. The van der Waals surface area contributed by atoms with Crippen molar-refractivity contribution in [2.24, 2.45) is 15.7 Å². The number of nitrogens with one attached hydrogen (secondary N) is 1. The van der Waals surface area contributed by atoms with Gasteiger partial charge in [0, 0.05) is 25.9 Å². The van der Waals surface area contributed by atoms with Crippen LogP contribution in [0.15, 0.2) is 34.4 Å². The Bertz CT molecular complexity index is 497. The van der Waals surface area contributed by atoms with Gasteiger partial charge in [-0.15, -0.1) is 0 Å². The van der Waals surface area contributed by atoms with Gasteiger partial charge in [-0.3, -0.25) is 15.1 Å². The molecule has 0 aromatic carbocycles. The Morgan fingerprint density at radius 1 is 1.46 bits per heavy atom. The number of hydrogen-bond donors (Lipinski definition) is 2. The van der Waals surface area contributed by atoms with Crippen LogP contribution >= 0.6 is 0 Å². The van der Waals surface area contributed by atoms with Crippen LogP contribution in [-0.4, -0.2) is 61.9 Å². The zero-order valence-electron chi connectivity index (χ0n) is 15.5. The summed E-state index contributed by atoms with van der Waals surface area (Å²) in [5.41, 5.74) is 6.13. The van der Waals surface area contributed by atoms with E-state index in [2.05, 4.69) is 21.9 Å². The smallest absolute Gasteiger partial charge is 0.234 e. The van der Waals surface area contributed by atoms with Crippen molar-refractivity contribution in [1.29, 1.82) is 0 Å². The van der Waals surface area contributed by atoms with E-state index in [0.717, 1.165) is 17.4 Å². The number of aliphatic imine (C=N–C) groups is 2. The van der Waals surface area contributed by atoms with Crippen molar-refractivity contribution in [3.8, 4) is 0 Å². The van der Waals surface area contributed by atoms with E-state index in [-0.39, 0.29) is 0 Å². The molecule has 0 radical (unpaired) electrons. The van der Waals surface area contributed by atoms with Crippen molar-refractivity contribution < 1.29 is 9.53 Å². The number of rotatable bonds is 10. The Labute approximate surface area is 145 Å². The highest BCUT2D eigenvalue weighted by molar-refractivity contribution is 6.01. The number of nitrogens with zero attached hydrogens (tertiary/aromatic N) is 3. The lowest BCUT2D eigenvalue weighted by Crippen LogP contribution is -2.47. The van der Waals surface area contributed by atoms with Crippen LogP contribution in [0.1, 0.15) is 27.7 Å². The Hall–Kier alpha value is -1.99. The van der Waals surface area contributed by atoms with Crippen molar-refractivity contribution in [3.05, 3.63) is 24.4 Å². The first-order valence-corrected chi connectivity index (χ1v) is 8.05. The van der Waals surface area contributed by atoms with Gasteiger partial charge in [-0.05, 0) is 33.8 Å². The number of amides is 1. The van der Waals surface area contributed by atoms with Crippen LogP contribution in [0.4, 0.5) is 0 Å². The van der Waals surface area contributed by atoms with E-state index < -0.39 is 11.9 Å². The van der Waals surface area contributed by atoms with E-state index in [4.69, 9.17) is 10.5 Å². The van der Waals surface area contributed by atoms with Gasteiger partial charge >= 0.3 is 0 Å².